The van der Waals surface area contributed by atoms with E-state index in [1.54, 1.807) is 6.07 Å². The number of nitrogens with two attached hydrogens (primary N) is 1. The molecule has 4 N–H and O–H groups in total. The molecule has 8 heteroatoms. The highest BCUT2D eigenvalue weighted by Gasteiger charge is 2.35. The average molecular weight is 544 g/mol. The number of carbonyl (C=O) groups is 2. The molecule has 1 fully saturated rings. The van der Waals surface area contributed by atoms with Gasteiger partial charge in [0.1, 0.15) is 0 Å². The Morgan fingerprint density at radius 1 is 0.923 bits per heavy atom. The van der Waals surface area contributed by atoms with E-state index in [9.17, 15) is 9.59 Å². The van der Waals surface area contributed by atoms with E-state index in [0.717, 1.165) is 54.8 Å². The van der Waals surface area contributed by atoms with Crippen molar-refractivity contribution >= 4 is 34.2 Å². The van der Waals surface area contributed by atoms with Gasteiger partial charge in [-0.3, -0.25) is 19.4 Å². The second-order valence-electron chi connectivity index (χ2n) is 10.1. The van der Waals surface area contributed by atoms with Crippen LogP contribution >= 0.6 is 11.6 Å². The first-order valence-electron chi connectivity index (χ1n) is 13.4. The number of H-pyrrole nitrogens is 1. The first-order valence-corrected chi connectivity index (χ1v) is 13.7. The molecule has 5 rings (SSSR count). The first kappa shape index (κ1) is 27.1. The lowest BCUT2D eigenvalue weighted by atomic mass is 9.93. The van der Waals surface area contributed by atoms with Crippen LogP contribution in [0.2, 0.25) is 5.02 Å². The number of hydrogen-bond donors (Lipinski definition) is 3. The van der Waals surface area contributed by atoms with Gasteiger partial charge in [0, 0.05) is 73.4 Å². The number of hydrogen-bond acceptors (Lipinski definition) is 5. The Balaban J connectivity index is 1.29. The van der Waals surface area contributed by atoms with E-state index in [1.807, 2.05) is 54.7 Å². The summed E-state index contributed by atoms with van der Waals surface area (Å²) >= 11 is 6.21. The lowest BCUT2D eigenvalue weighted by Crippen LogP contribution is -2.51. The summed E-state index contributed by atoms with van der Waals surface area (Å²) < 4.78 is 0. The number of benzene rings is 3. The number of Topliss-reactive ketones (excluding diaryl/α,β-unsaturated/α-hetero) is 1. The maximum atomic E-state index is 13.9. The van der Waals surface area contributed by atoms with Gasteiger partial charge in [-0.2, -0.15) is 0 Å². The Kier molecular flexibility index (Phi) is 8.74. The van der Waals surface area contributed by atoms with E-state index in [0.29, 0.717) is 5.02 Å². The molecule has 39 heavy (non-hydrogen) atoms. The highest BCUT2D eigenvalue weighted by molar-refractivity contribution is 6.31. The largest absolute Gasteiger partial charge is 0.361 e. The first-order chi connectivity index (χ1) is 19.0. The van der Waals surface area contributed by atoms with Crippen molar-refractivity contribution < 1.29 is 9.59 Å². The van der Waals surface area contributed by atoms with E-state index >= 15 is 0 Å². The van der Waals surface area contributed by atoms with E-state index in [2.05, 4.69) is 44.4 Å². The van der Waals surface area contributed by atoms with E-state index in [-0.39, 0.29) is 24.7 Å². The predicted octanol–water partition coefficient (Wildman–Crippen LogP) is 4.28. The third kappa shape index (κ3) is 6.57. The number of halogens is 1. The minimum Gasteiger partial charge on any atom is -0.361 e. The number of rotatable bonds is 10. The molecule has 0 saturated carbocycles. The van der Waals surface area contributed by atoms with E-state index < -0.39 is 12.1 Å². The number of nitrogens with one attached hydrogen (secondary N) is 2. The highest BCUT2D eigenvalue weighted by atomic mass is 35.5. The zero-order valence-corrected chi connectivity index (χ0v) is 22.6. The summed E-state index contributed by atoms with van der Waals surface area (Å²) in [6, 6.07) is 24.3. The minimum atomic E-state index is -0.933. The van der Waals surface area contributed by atoms with Gasteiger partial charge in [0.15, 0.2) is 5.78 Å². The zero-order valence-electron chi connectivity index (χ0n) is 21.9. The standard InChI is InChI=1S/C31H34ClN5O2/c32-26-12-6-4-10-23(26)19-35-29(38)18-27(33)31(39)30(25-20-34-28-13-7-5-11-24(25)28)37-16-14-36(15-17-37)21-22-8-2-1-3-9-22/h1-13,20,27,30,34H,14-19,21,33H2,(H,35,38). The molecule has 0 spiro atoms. The number of amides is 1. The smallest absolute Gasteiger partial charge is 0.222 e. The van der Waals surface area contributed by atoms with Crippen molar-refractivity contribution in [1.29, 1.82) is 0 Å². The van der Waals surface area contributed by atoms with Crippen LogP contribution in [0.4, 0.5) is 0 Å². The molecule has 202 valence electrons. The molecular formula is C31H34ClN5O2. The van der Waals surface area contributed by atoms with Gasteiger partial charge >= 0.3 is 0 Å². The lowest BCUT2D eigenvalue weighted by Gasteiger charge is -2.39. The molecule has 1 amide bonds. The number of carbonyl (C=O) groups excluding carboxylic acids is 2. The van der Waals surface area contributed by atoms with Gasteiger partial charge in [0.05, 0.1) is 12.1 Å². The van der Waals surface area contributed by atoms with Crippen LogP contribution in [0.15, 0.2) is 85.1 Å². The Morgan fingerprint density at radius 2 is 1.62 bits per heavy atom. The van der Waals surface area contributed by atoms with Crippen molar-refractivity contribution in [2.75, 3.05) is 26.2 Å². The van der Waals surface area contributed by atoms with Gasteiger partial charge in [-0.05, 0) is 23.3 Å². The Labute approximate surface area is 233 Å². The maximum absolute atomic E-state index is 13.9. The van der Waals surface area contributed by atoms with Crippen LogP contribution in [-0.4, -0.2) is 58.7 Å². The normalized spacial score (nSPS) is 16.2. The lowest BCUT2D eigenvalue weighted by molar-refractivity contribution is -0.130. The highest BCUT2D eigenvalue weighted by Crippen LogP contribution is 2.31. The van der Waals surface area contributed by atoms with E-state index in [4.69, 9.17) is 17.3 Å². The average Bonchev–Trinajstić information content (AvgIpc) is 3.38. The second kappa shape index (κ2) is 12.6. The summed E-state index contributed by atoms with van der Waals surface area (Å²) in [4.78, 5) is 34.6. The van der Waals surface area contributed by atoms with Crippen molar-refractivity contribution in [3.63, 3.8) is 0 Å². The fourth-order valence-corrected chi connectivity index (χ4v) is 5.48. The summed E-state index contributed by atoms with van der Waals surface area (Å²) in [5.74, 6) is -0.426. The Bertz CT molecular complexity index is 1410. The molecule has 0 aliphatic carbocycles. The molecule has 7 nitrogen and oxygen atoms in total. The van der Waals surface area contributed by atoms with Gasteiger partial charge in [0.25, 0.3) is 0 Å². The van der Waals surface area contributed by atoms with Crippen LogP contribution in [0.25, 0.3) is 10.9 Å². The third-order valence-corrected chi connectivity index (χ3v) is 7.78. The Hall–Kier alpha value is -3.49. The molecule has 1 aliphatic rings. The molecule has 3 aromatic carbocycles. The van der Waals surface area contributed by atoms with Crippen LogP contribution < -0.4 is 11.1 Å². The number of ketones is 1. The summed E-state index contributed by atoms with van der Waals surface area (Å²) in [7, 11) is 0. The molecule has 1 aliphatic heterocycles. The summed E-state index contributed by atoms with van der Waals surface area (Å²) in [5, 5.41) is 4.44. The van der Waals surface area contributed by atoms with Crippen LogP contribution in [0.1, 0.15) is 29.2 Å². The quantitative estimate of drug-likeness (QED) is 0.277. The van der Waals surface area contributed by atoms with Crippen molar-refractivity contribution in [2.45, 2.75) is 31.6 Å². The third-order valence-electron chi connectivity index (χ3n) is 7.41. The van der Waals surface area contributed by atoms with E-state index in [1.165, 1.54) is 5.56 Å². The molecule has 4 aromatic rings. The summed E-state index contributed by atoms with van der Waals surface area (Å²) in [6.07, 6.45) is 1.82. The molecule has 0 bridgehead atoms. The second-order valence-corrected chi connectivity index (χ2v) is 10.5. The number of aromatic amines is 1. The number of fused-ring (bicyclic) bond motifs is 1. The van der Waals surface area contributed by atoms with Crippen molar-refractivity contribution in [1.82, 2.24) is 20.1 Å². The minimum absolute atomic E-state index is 0.0872. The van der Waals surface area contributed by atoms with Crippen molar-refractivity contribution in [3.05, 3.63) is 107 Å². The number of para-hydroxylation sites is 1. The SMILES string of the molecule is NC(CC(=O)NCc1ccccc1Cl)C(=O)C(c1c[nH]c2ccccc12)N1CCN(Cc2ccccc2)CC1. The van der Waals surface area contributed by atoms with Gasteiger partial charge in [0.2, 0.25) is 5.91 Å². The summed E-state index contributed by atoms with van der Waals surface area (Å²) in [5.41, 5.74) is 10.4. The number of nitrogens with zero attached hydrogens (tertiary/aromatic N) is 2. The molecule has 2 heterocycles. The predicted molar refractivity (Wildman–Crippen MR) is 155 cm³/mol. The van der Waals surface area contributed by atoms with Gasteiger partial charge in [-0.25, -0.2) is 0 Å². The van der Waals surface area contributed by atoms with Crippen molar-refractivity contribution in [3.8, 4) is 0 Å². The fraction of sp³-hybridized carbons (Fsp3) is 0.290. The molecule has 1 saturated heterocycles. The van der Waals surface area contributed by atoms with Gasteiger partial charge < -0.3 is 16.0 Å². The zero-order chi connectivity index (χ0) is 27.2. The van der Waals surface area contributed by atoms with Crippen LogP contribution in [-0.2, 0) is 22.7 Å². The summed E-state index contributed by atoms with van der Waals surface area (Å²) in [6.45, 7) is 4.31. The van der Waals surface area contributed by atoms with Gasteiger partial charge in [-0.15, -0.1) is 0 Å². The van der Waals surface area contributed by atoms with Crippen molar-refractivity contribution in [2.24, 2.45) is 5.73 Å². The molecule has 0 radical (unpaired) electrons. The van der Waals surface area contributed by atoms with Crippen LogP contribution in [0, 0.1) is 0 Å². The van der Waals surface area contributed by atoms with Gasteiger partial charge in [-0.1, -0.05) is 78.3 Å². The Morgan fingerprint density at radius 3 is 2.38 bits per heavy atom. The number of piperazine rings is 1. The topological polar surface area (TPSA) is 94.5 Å². The fourth-order valence-electron chi connectivity index (χ4n) is 5.28. The molecule has 2 atom stereocenters. The molecule has 2 unspecified atom stereocenters. The maximum Gasteiger partial charge on any atom is 0.222 e. The number of aromatic nitrogens is 1. The molecule has 1 aromatic heterocycles. The van der Waals surface area contributed by atoms with Crippen LogP contribution in [0.5, 0.6) is 0 Å². The van der Waals surface area contributed by atoms with Crippen LogP contribution in [0.3, 0.4) is 0 Å². The molecular weight excluding hydrogens is 510 g/mol. The monoisotopic (exact) mass is 543 g/mol.